The Morgan fingerprint density at radius 3 is 1.81 bits per heavy atom. The zero-order valence-electron chi connectivity index (χ0n) is 15.3. The van der Waals surface area contributed by atoms with E-state index in [0.29, 0.717) is 13.1 Å². The van der Waals surface area contributed by atoms with Gasteiger partial charge in [-0.05, 0) is 11.1 Å². The average Bonchev–Trinajstić information content (AvgIpc) is 2.63. The summed E-state index contributed by atoms with van der Waals surface area (Å²) in [4.78, 5) is 27.2. The van der Waals surface area contributed by atoms with Gasteiger partial charge in [-0.1, -0.05) is 67.6 Å². The van der Waals surface area contributed by atoms with Crippen molar-refractivity contribution in [2.75, 3.05) is 20.1 Å². The smallest absolute Gasteiger partial charge is 0.308 e. The number of carboxylic acid groups (broad SMARTS) is 1. The lowest BCUT2D eigenvalue weighted by atomic mass is 10.1. The monoisotopic (exact) mass is 354 g/mol. The van der Waals surface area contributed by atoms with Crippen LogP contribution in [0.3, 0.4) is 0 Å². The van der Waals surface area contributed by atoms with Gasteiger partial charge in [0.25, 0.3) is 0 Å². The fourth-order valence-corrected chi connectivity index (χ4v) is 2.75. The van der Waals surface area contributed by atoms with Gasteiger partial charge < -0.3 is 10.0 Å². The van der Waals surface area contributed by atoms with E-state index in [1.807, 2.05) is 60.7 Å². The molecular weight excluding hydrogens is 328 g/mol. The van der Waals surface area contributed by atoms with E-state index in [1.165, 1.54) is 4.90 Å². The third kappa shape index (κ3) is 6.33. The van der Waals surface area contributed by atoms with Gasteiger partial charge in [-0.2, -0.15) is 0 Å². The molecule has 1 N–H and O–H groups in total. The number of aliphatic carboxylic acids is 1. The lowest BCUT2D eigenvalue weighted by Gasteiger charge is -2.26. The highest BCUT2D eigenvalue weighted by Crippen LogP contribution is 2.11. The van der Waals surface area contributed by atoms with Gasteiger partial charge in [-0.25, -0.2) is 0 Å². The Morgan fingerprint density at radius 2 is 1.38 bits per heavy atom. The van der Waals surface area contributed by atoms with E-state index in [4.69, 9.17) is 5.11 Å². The van der Waals surface area contributed by atoms with Gasteiger partial charge in [-0.3, -0.25) is 14.5 Å². The van der Waals surface area contributed by atoms with Crippen LogP contribution < -0.4 is 0 Å². The number of hydrogen-bond donors (Lipinski definition) is 1. The molecule has 0 radical (unpaired) electrons. The van der Waals surface area contributed by atoms with Gasteiger partial charge in [0.1, 0.15) is 0 Å². The zero-order valence-corrected chi connectivity index (χ0v) is 15.3. The Bertz CT molecular complexity index is 662. The van der Waals surface area contributed by atoms with Crippen LogP contribution in [-0.4, -0.2) is 46.9 Å². The number of nitrogens with zero attached hydrogens (tertiary/aromatic N) is 2. The maximum absolute atomic E-state index is 12.6. The number of rotatable bonds is 9. The molecule has 0 heterocycles. The Balaban J connectivity index is 2.05. The quantitative estimate of drug-likeness (QED) is 0.752. The van der Waals surface area contributed by atoms with Crippen LogP contribution in [0.15, 0.2) is 60.7 Å². The van der Waals surface area contributed by atoms with Gasteiger partial charge in [0.15, 0.2) is 0 Å². The summed E-state index contributed by atoms with van der Waals surface area (Å²) in [6, 6.07) is 20.0. The molecule has 5 nitrogen and oxygen atoms in total. The summed E-state index contributed by atoms with van der Waals surface area (Å²) < 4.78 is 0. The van der Waals surface area contributed by atoms with Gasteiger partial charge >= 0.3 is 5.97 Å². The normalized spacial score (nSPS) is 12.0. The van der Waals surface area contributed by atoms with Crippen LogP contribution >= 0.6 is 0 Å². The molecule has 1 atom stereocenters. The van der Waals surface area contributed by atoms with E-state index in [0.717, 1.165) is 11.1 Å². The van der Waals surface area contributed by atoms with Crippen molar-refractivity contribution in [3.05, 3.63) is 71.8 Å². The van der Waals surface area contributed by atoms with Gasteiger partial charge in [0.05, 0.1) is 12.5 Å². The van der Waals surface area contributed by atoms with Crippen molar-refractivity contribution < 1.29 is 14.7 Å². The molecule has 138 valence electrons. The van der Waals surface area contributed by atoms with Crippen LogP contribution in [-0.2, 0) is 22.7 Å². The number of benzene rings is 2. The standard InChI is InChI=1S/C21H26N2O3/c1-17(21(25)26)13-22(2)20(24)16-23(14-18-9-5-3-6-10-18)15-19-11-7-4-8-12-19/h3-12,17H,13-16H2,1-2H3,(H,25,26). The molecule has 0 saturated carbocycles. The molecule has 0 bridgehead atoms. The highest BCUT2D eigenvalue weighted by Gasteiger charge is 2.20. The fourth-order valence-electron chi connectivity index (χ4n) is 2.75. The number of carboxylic acids is 1. The fraction of sp³-hybridized carbons (Fsp3) is 0.333. The van der Waals surface area contributed by atoms with Crippen LogP contribution in [0.4, 0.5) is 0 Å². The van der Waals surface area contributed by atoms with Crippen LogP contribution in [0.5, 0.6) is 0 Å². The third-order valence-electron chi connectivity index (χ3n) is 4.25. The first kappa shape index (κ1) is 19.7. The second-order valence-electron chi connectivity index (χ2n) is 6.63. The van der Waals surface area contributed by atoms with Crippen molar-refractivity contribution in [1.82, 2.24) is 9.80 Å². The molecule has 2 aromatic carbocycles. The summed E-state index contributed by atoms with van der Waals surface area (Å²) in [5, 5.41) is 9.04. The largest absolute Gasteiger partial charge is 0.481 e. The number of carbonyl (C=O) groups is 2. The van der Waals surface area contributed by atoms with Gasteiger partial charge in [-0.15, -0.1) is 0 Å². The van der Waals surface area contributed by atoms with E-state index in [9.17, 15) is 9.59 Å². The maximum Gasteiger partial charge on any atom is 0.308 e. The van der Waals surface area contributed by atoms with Gasteiger partial charge in [0, 0.05) is 26.7 Å². The minimum Gasteiger partial charge on any atom is -0.481 e. The molecule has 0 fully saturated rings. The molecule has 0 aromatic heterocycles. The van der Waals surface area contributed by atoms with E-state index >= 15 is 0 Å². The van der Waals surface area contributed by atoms with Crippen molar-refractivity contribution in [2.24, 2.45) is 5.92 Å². The molecule has 0 saturated heterocycles. The van der Waals surface area contributed by atoms with Crippen molar-refractivity contribution in [2.45, 2.75) is 20.0 Å². The Labute approximate surface area is 154 Å². The number of likely N-dealkylation sites (N-methyl/N-ethyl adjacent to an activating group) is 1. The minimum absolute atomic E-state index is 0.0787. The number of carbonyl (C=O) groups excluding carboxylic acids is 1. The highest BCUT2D eigenvalue weighted by molar-refractivity contribution is 5.79. The lowest BCUT2D eigenvalue weighted by molar-refractivity contribution is -0.142. The summed E-state index contributed by atoms with van der Waals surface area (Å²) in [6.07, 6.45) is 0. The average molecular weight is 354 g/mol. The SMILES string of the molecule is CC(CN(C)C(=O)CN(Cc1ccccc1)Cc1ccccc1)C(=O)O. The molecule has 26 heavy (non-hydrogen) atoms. The van der Waals surface area contributed by atoms with Crippen LogP contribution in [0, 0.1) is 5.92 Å². The molecule has 1 unspecified atom stereocenters. The Morgan fingerprint density at radius 1 is 0.923 bits per heavy atom. The summed E-state index contributed by atoms with van der Waals surface area (Å²) in [7, 11) is 1.66. The predicted molar refractivity (Wildman–Crippen MR) is 101 cm³/mol. The molecule has 0 aliphatic carbocycles. The van der Waals surface area contributed by atoms with E-state index in [1.54, 1.807) is 14.0 Å². The third-order valence-corrected chi connectivity index (χ3v) is 4.25. The molecular formula is C21H26N2O3. The predicted octanol–water partition coefficient (Wildman–Crippen LogP) is 2.87. The maximum atomic E-state index is 12.6. The Hall–Kier alpha value is -2.66. The first-order chi connectivity index (χ1) is 12.5. The molecule has 2 rings (SSSR count). The summed E-state index contributed by atoms with van der Waals surface area (Å²) in [5.41, 5.74) is 2.27. The number of amides is 1. The first-order valence-corrected chi connectivity index (χ1v) is 8.72. The molecule has 5 heteroatoms. The van der Waals surface area contributed by atoms with Crippen molar-refractivity contribution in [3.8, 4) is 0 Å². The molecule has 0 aliphatic rings. The Kier molecular flexibility index (Phi) is 7.36. The lowest BCUT2D eigenvalue weighted by Crippen LogP contribution is -2.40. The summed E-state index contributed by atoms with van der Waals surface area (Å²) in [5.74, 6) is -1.55. The summed E-state index contributed by atoms with van der Waals surface area (Å²) in [6.45, 7) is 3.37. The van der Waals surface area contributed by atoms with Crippen LogP contribution in [0.1, 0.15) is 18.1 Å². The van der Waals surface area contributed by atoms with Crippen molar-refractivity contribution >= 4 is 11.9 Å². The topological polar surface area (TPSA) is 60.9 Å². The second kappa shape index (κ2) is 9.73. The van der Waals surface area contributed by atoms with Crippen LogP contribution in [0.25, 0.3) is 0 Å². The van der Waals surface area contributed by atoms with Crippen LogP contribution in [0.2, 0.25) is 0 Å². The molecule has 1 amide bonds. The van der Waals surface area contributed by atoms with E-state index in [-0.39, 0.29) is 19.0 Å². The summed E-state index contributed by atoms with van der Waals surface area (Å²) >= 11 is 0. The molecule has 0 aliphatic heterocycles. The first-order valence-electron chi connectivity index (χ1n) is 8.72. The second-order valence-corrected chi connectivity index (χ2v) is 6.63. The highest BCUT2D eigenvalue weighted by atomic mass is 16.4. The van der Waals surface area contributed by atoms with Crippen molar-refractivity contribution in [3.63, 3.8) is 0 Å². The minimum atomic E-state index is -0.893. The molecule has 2 aromatic rings. The van der Waals surface area contributed by atoms with E-state index in [2.05, 4.69) is 4.90 Å². The zero-order chi connectivity index (χ0) is 18.9. The van der Waals surface area contributed by atoms with E-state index < -0.39 is 11.9 Å². The number of hydrogen-bond acceptors (Lipinski definition) is 3. The van der Waals surface area contributed by atoms with Gasteiger partial charge in [0.2, 0.25) is 5.91 Å². The molecule has 0 spiro atoms. The van der Waals surface area contributed by atoms with Crippen molar-refractivity contribution in [1.29, 1.82) is 0 Å².